The molecule has 0 aliphatic carbocycles. The van der Waals surface area contributed by atoms with Crippen molar-refractivity contribution in [2.24, 2.45) is 0 Å². The topological polar surface area (TPSA) is 78.3 Å². The lowest BCUT2D eigenvalue weighted by atomic mass is 10.2. The number of halogens is 1. The predicted molar refractivity (Wildman–Crippen MR) is 77.2 cm³/mol. The molecule has 2 rings (SSSR count). The molecule has 0 amide bonds. The van der Waals surface area contributed by atoms with Crippen LogP contribution in [-0.2, 0) is 4.74 Å². The summed E-state index contributed by atoms with van der Waals surface area (Å²) in [5.74, 6) is -0.364. The Balaban J connectivity index is 0.00000200. The summed E-state index contributed by atoms with van der Waals surface area (Å²) in [6, 6.07) is 12.5. The van der Waals surface area contributed by atoms with Gasteiger partial charge in [0.25, 0.3) is 0 Å². The molecule has 2 aromatic carbocycles. The van der Waals surface area contributed by atoms with Gasteiger partial charge < -0.3 is 28.6 Å². The molecule has 0 aliphatic rings. The first-order valence-electron chi connectivity index (χ1n) is 5.62. The Morgan fingerprint density at radius 3 is 2.45 bits per heavy atom. The molecule has 20 heavy (non-hydrogen) atoms. The van der Waals surface area contributed by atoms with Crippen LogP contribution in [0.5, 0.6) is 0 Å². The van der Waals surface area contributed by atoms with Crippen LogP contribution in [0.3, 0.4) is 0 Å². The van der Waals surface area contributed by atoms with Crippen LogP contribution in [0.4, 0.5) is 11.4 Å². The summed E-state index contributed by atoms with van der Waals surface area (Å²) in [7, 11) is 1.36. The maximum absolute atomic E-state index is 11.7. The van der Waals surface area contributed by atoms with Crippen LogP contribution >= 0.6 is 11.8 Å². The first-order chi connectivity index (χ1) is 9.11. The lowest BCUT2D eigenvalue weighted by molar-refractivity contribution is -0.0000185. The number of ether oxygens (including phenoxy) is 1. The molecule has 0 saturated carbocycles. The van der Waals surface area contributed by atoms with Crippen LogP contribution in [-0.4, -0.2) is 13.1 Å². The highest BCUT2D eigenvalue weighted by atomic mass is 35.5. The number of nitrogens with two attached hydrogens (primary N) is 2. The van der Waals surface area contributed by atoms with Gasteiger partial charge in [0.2, 0.25) is 0 Å². The van der Waals surface area contributed by atoms with Crippen LogP contribution in [0.2, 0.25) is 0 Å². The molecule has 0 aliphatic heterocycles. The van der Waals surface area contributed by atoms with Crippen molar-refractivity contribution in [2.75, 3.05) is 18.6 Å². The SMILES string of the molecule is COC(=O)c1ccccc1Sc1ccc(N)cc1N.[Cl-]. The highest BCUT2D eigenvalue weighted by Crippen LogP contribution is 2.35. The zero-order chi connectivity index (χ0) is 13.8. The van der Waals surface area contributed by atoms with E-state index in [4.69, 9.17) is 16.2 Å². The zero-order valence-corrected chi connectivity index (χ0v) is 12.4. The van der Waals surface area contributed by atoms with Crippen LogP contribution in [0, 0.1) is 0 Å². The molecule has 0 bridgehead atoms. The molecule has 2 aromatic rings. The van der Waals surface area contributed by atoms with Gasteiger partial charge in [-0.2, -0.15) is 0 Å². The fourth-order valence-electron chi connectivity index (χ4n) is 1.61. The Labute approximate surface area is 127 Å². The third kappa shape index (κ3) is 3.59. The Hall–Kier alpha value is -1.85. The van der Waals surface area contributed by atoms with Crippen molar-refractivity contribution >= 4 is 29.1 Å². The minimum absolute atomic E-state index is 0. The van der Waals surface area contributed by atoms with Crippen molar-refractivity contribution in [3.63, 3.8) is 0 Å². The Morgan fingerprint density at radius 1 is 1.10 bits per heavy atom. The Morgan fingerprint density at radius 2 is 1.80 bits per heavy atom. The highest BCUT2D eigenvalue weighted by Gasteiger charge is 2.13. The number of nitrogen functional groups attached to an aromatic ring is 2. The molecule has 0 fully saturated rings. The van der Waals surface area contributed by atoms with E-state index < -0.39 is 0 Å². The van der Waals surface area contributed by atoms with Crippen molar-refractivity contribution in [1.29, 1.82) is 0 Å². The quantitative estimate of drug-likeness (QED) is 0.606. The third-order valence-corrected chi connectivity index (χ3v) is 3.71. The molecule has 0 unspecified atom stereocenters. The van der Waals surface area contributed by atoms with Crippen LogP contribution in [0.1, 0.15) is 10.4 Å². The van der Waals surface area contributed by atoms with Gasteiger partial charge in [-0.25, -0.2) is 4.79 Å². The van der Waals surface area contributed by atoms with Crippen LogP contribution in [0.15, 0.2) is 52.3 Å². The number of esters is 1. The maximum atomic E-state index is 11.7. The average Bonchev–Trinajstić information content (AvgIpc) is 2.41. The molecule has 0 radical (unpaired) electrons. The number of hydrogen-bond acceptors (Lipinski definition) is 5. The summed E-state index contributed by atoms with van der Waals surface area (Å²) in [5, 5.41) is 0. The van der Waals surface area contributed by atoms with E-state index in [0.717, 1.165) is 9.79 Å². The van der Waals surface area contributed by atoms with E-state index >= 15 is 0 Å². The van der Waals surface area contributed by atoms with Crippen LogP contribution < -0.4 is 23.9 Å². The van der Waals surface area contributed by atoms with Gasteiger partial charge in [-0.3, -0.25) is 0 Å². The molecule has 6 heteroatoms. The van der Waals surface area contributed by atoms with E-state index in [1.54, 1.807) is 24.3 Å². The van der Waals surface area contributed by atoms with E-state index in [1.807, 2.05) is 18.2 Å². The molecular formula is C14H14ClN2O2S-. The average molecular weight is 310 g/mol. The molecule has 0 saturated heterocycles. The summed E-state index contributed by atoms with van der Waals surface area (Å²) < 4.78 is 4.76. The van der Waals surface area contributed by atoms with E-state index in [1.165, 1.54) is 18.9 Å². The first-order valence-corrected chi connectivity index (χ1v) is 6.43. The molecule has 0 heterocycles. The third-order valence-electron chi connectivity index (χ3n) is 2.55. The second-order valence-electron chi connectivity index (χ2n) is 3.89. The summed E-state index contributed by atoms with van der Waals surface area (Å²) in [6.07, 6.45) is 0. The number of benzene rings is 2. The minimum Gasteiger partial charge on any atom is -1.00 e. The fraction of sp³-hybridized carbons (Fsp3) is 0.0714. The van der Waals surface area contributed by atoms with Crippen molar-refractivity contribution in [3.8, 4) is 0 Å². The van der Waals surface area contributed by atoms with Crippen molar-refractivity contribution in [2.45, 2.75) is 9.79 Å². The van der Waals surface area contributed by atoms with Crippen molar-refractivity contribution < 1.29 is 21.9 Å². The van der Waals surface area contributed by atoms with Crippen molar-refractivity contribution in [3.05, 3.63) is 48.0 Å². The molecule has 0 atom stereocenters. The summed E-state index contributed by atoms with van der Waals surface area (Å²) in [4.78, 5) is 13.3. The van der Waals surface area contributed by atoms with Gasteiger partial charge >= 0.3 is 5.97 Å². The minimum atomic E-state index is -0.364. The largest absolute Gasteiger partial charge is 1.00 e. The first kappa shape index (κ1) is 16.2. The van der Waals surface area contributed by atoms with E-state index in [9.17, 15) is 4.79 Å². The molecule has 0 spiro atoms. The molecule has 4 N–H and O–H groups in total. The van der Waals surface area contributed by atoms with Gasteiger partial charge in [-0.15, -0.1) is 0 Å². The van der Waals surface area contributed by atoms with Gasteiger partial charge in [0.1, 0.15) is 0 Å². The Kier molecular flexibility index (Phi) is 5.73. The van der Waals surface area contributed by atoms with Crippen molar-refractivity contribution in [1.82, 2.24) is 0 Å². The number of methoxy groups -OCH3 is 1. The Bertz CT molecular complexity index is 620. The number of anilines is 2. The molecular weight excluding hydrogens is 296 g/mol. The summed E-state index contributed by atoms with van der Waals surface area (Å²) in [5.41, 5.74) is 13.3. The number of carbonyl (C=O) groups excluding carboxylic acids is 1. The summed E-state index contributed by atoms with van der Waals surface area (Å²) in [6.45, 7) is 0. The maximum Gasteiger partial charge on any atom is 0.339 e. The monoisotopic (exact) mass is 309 g/mol. The zero-order valence-electron chi connectivity index (χ0n) is 10.8. The molecule has 4 nitrogen and oxygen atoms in total. The number of hydrogen-bond donors (Lipinski definition) is 2. The second kappa shape index (κ2) is 7.07. The van der Waals surface area contributed by atoms with E-state index in [-0.39, 0.29) is 18.4 Å². The smallest absolute Gasteiger partial charge is 0.339 e. The lowest BCUT2D eigenvalue weighted by Crippen LogP contribution is -3.00. The van der Waals surface area contributed by atoms with Gasteiger partial charge in [0, 0.05) is 21.2 Å². The molecule has 0 aromatic heterocycles. The van der Waals surface area contributed by atoms with E-state index in [0.29, 0.717) is 16.9 Å². The van der Waals surface area contributed by atoms with E-state index in [2.05, 4.69) is 0 Å². The standard InChI is InChI=1S/C14H14N2O2S.ClH/c1-18-14(17)10-4-2-3-5-12(10)19-13-7-6-9(15)8-11(13)16;/h2-8H,15-16H2,1H3;1H/p-1. The van der Waals surface area contributed by atoms with Gasteiger partial charge in [-0.1, -0.05) is 23.9 Å². The van der Waals surface area contributed by atoms with Gasteiger partial charge in [0.15, 0.2) is 0 Å². The summed E-state index contributed by atoms with van der Waals surface area (Å²) >= 11 is 1.41. The number of carbonyl (C=O) groups is 1. The van der Waals surface area contributed by atoms with Crippen LogP contribution in [0.25, 0.3) is 0 Å². The second-order valence-corrected chi connectivity index (χ2v) is 4.97. The van der Waals surface area contributed by atoms with Gasteiger partial charge in [-0.05, 0) is 30.3 Å². The normalized spacial score (nSPS) is 9.65. The fourth-order valence-corrected chi connectivity index (χ4v) is 2.57. The lowest BCUT2D eigenvalue weighted by Gasteiger charge is -2.09. The predicted octanol–water partition coefficient (Wildman–Crippen LogP) is -0.207. The molecule has 106 valence electrons. The highest BCUT2D eigenvalue weighted by molar-refractivity contribution is 7.99. The number of rotatable bonds is 3. The van der Waals surface area contributed by atoms with Gasteiger partial charge in [0.05, 0.1) is 12.7 Å².